The molecule has 0 unspecified atom stereocenters. The van der Waals surface area contributed by atoms with Crippen LogP contribution >= 0.6 is 0 Å². The molecule has 0 bridgehead atoms. The molecule has 0 saturated carbocycles. The highest BCUT2D eigenvalue weighted by atomic mass is 16.5. The fourth-order valence-electron chi connectivity index (χ4n) is 3.62. The van der Waals surface area contributed by atoms with Gasteiger partial charge in [-0.2, -0.15) is 0 Å². The highest BCUT2D eigenvalue weighted by Gasteiger charge is 2.11. The maximum absolute atomic E-state index is 5.43. The van der Waals surface area contributed by atoms with Crippen molar-refractivity contribution in [2.75, 3.05) is 36.5 Å². The number of benzene rings is 2. The third-order valence-electron chi connectivity index (χ3n) is 5.19. The summed E-state index contributed by atoms with van der Waals surface area (Å²) in [6.45, 7) is 4.07. The normalized spacial score (nSPS) is 13.9. The van der Waals surface area contributed by atoms with Gasteiger partial charge in [-0.1, -0.05) is 23.4 Å². The van der Waals surface area contributed by atoms with Crippen molar-refractivity contribution in [1.29, 1.82) is 0 Å². The highest BCUT2D eigenvalue weighted by Crippen LogP contribution is 2.23. The molecule has 1 saturated heterocycles. The lowest BCUT2D eigenvalue weighted by Crippen LogP contribution is -2.36. The molecule has 156 valence electrons. The third kappa shape index (κ3) is 4.70. The van der Waals surface area contributed by atoms with E-state index < -0.39 is 0 Å². The number of nitrogens with zero attached hydrogens (tertiary/aromatic N) is 6. The number of hydrogen-bond acceptors (Lipinski definition) is 7. The van der Waals surface area contributed by atoms with Crippen LogP contribution in [-0.4, -0.2) is 51.3 Å². The number of aromatic nitrogens is 5. The summed E-state index contributed by atoms with van der Waals surface area (Å²) in [6.07, 6.45) is 5.31. The molecule has 8 heteroatoms. The standard InChI is InChI=1S/C23H23N7O/c1-2-18(17-30-11-10-25-28-30)16-19(3-1)22-8-9-24-23(27-22)26-20-4-6-21(7-5-20)29-12-14-31-15-13-29/h1-11,16H,12-15,17H2,(H,24,26,27). The van der Waals surface area contributed by atoms with Crippen molar-refractivity contribution in [2.24, 2.45) is 0 Å². The molecule has 1 fully saturated rings. The van der Waals surface area contributed by atoms with Gasteiger partial charge >= 0.3 is 0 Å². The van der Waals surface area contributed by atoms with E-state index in [1.165, 1.54) is 5.69 Å². The van der Waals surface area contributed by atoms with Gasteiger partial charge in [-0.25, -0.2) is 14.6 Å². The van der Waals surface area contributed by atoms with E-state index >= 15 is 0 Å². The summed E-state index contributed by atoms with van der Waals surface area (Å²) in [5.41, 5.74) is 5.19. The van der Waals surface area contributed by atoms with E-state index in [2.05, 4.69) is 61.9 Å². The second-order valence-corrected chi connectivity index (χ2v) is 7.34. The average Bonchev–Trinajstić information content (AvgIpc) is 3.34. The van der Waals surface area contributed by atoms with E-state index in [1.54, 1.807) is 17.1 Å². The minimum atomic E-state index is 0.568. The van der Waals surface area contributed by atoms with E-state index in [9.17, 15) is 0 Å². The molecule has 0 amide bonds. The molecule has 0 radical (unpaired) electrons. The maximum atomic E-state index is 5.43. The molecule has 1 N–H and O–H groups in total. The topological polar surface area (TPSA) is 81.0 Å². The van der Waals surface area contributed by atoms with E-state index in [0.29, 0.717) is 12.5 Å². The van der Waals surface area contributed by atoms with Gasteiger partial charge in [0.2, 0.25) is 5.95 Å². The van der Waals surface area contributed by atoms with Crippen LogP contribution in [0, 0.1) is 0 Å². The van der Waals surface area contributed by atoms with Crippen LogP contribution in [0.4, 0.5) is 17.3 Å². The van der Waals surface area contributed by atoms with Gasteiger partial charge in [0, 0.05) is 42.4 Å². The largest absolute Gasteiger partial charge is 0.378 e. The monoisotopic (exact) mass is 413 g/mol. The van der Waals surface area contributed by atoms with Crippen LogP contribution in [0.15, 0.2) is 73.2 Å². The number of morpholine rings is 1. The Balaban J connectivity index is 1.30. The molecule has 31 heavy (non-hydrogen) atoms. The minimum absolute atomic E-state index is 0.568. The summed E-state index contributed by atoms with van der Waals surface area (Å²) in [5.74, 6) is 0.568. The van der Waals surface area contributed by atoms with Crippen molar-refractivity contribution in [1.82, 2.24) is 25.0 Å². The van der Waals surface area contributed by atoms with E-state index in [1.807, 2.05) is 24.4 Å². The lowest BCUT2D eigenvalue weighted by Gasteiger charge is -2.28. The van der Waals surface area contributed by atoms with Gasteiger partial charge in [0.15, 0.2) is 0 Å². The molecular formula is C23H23N7O. The van der Waals surface area contributed by atoms with Crippen molar-refractivity contribution in [3.05, 3.63) is 78.8 Å². The zero-order chi connectivity index (χ0) is 20.9. The Morgan fingerprint density at radius 2 is 1.84 bits per heavy atom. The Kier molecular flexibility index (Phi) is 5.53. The van der Waals surface area contributed by atoms with Crippen molar-refractivity contribution in [2.45, 2.75) is 6.54 Å². The summed E-state index contributed by atoms with van der Waals surface area (Å²) in [6, 6.07) is 18.5. The van der Waals surface area contributed by atoms with Gasteiger partial charge in [-0.3, -0.25) is 0 Å². The SMILES string of the molecule is c1cc(Cn2ccnn2)cc(-c2ccnc(Nc3ccc(N4CCOCC4)cc3)n2)c1. The average molecular weight is 413 g/mol. The summed E-state index contributed by atoms with van der Waals surface area (Å²) < 4.78 is 7.23. The molecule has 1 aliphatic rings. The number of anilines is 3. The van der Waals surface area contributed by atoms with Crippen LogP contribution in [0.2, 0.25) is 0 Å². The van der Waals surface area contributed by atoms with Gasteiger partial charge in [0.1, 0.15) is 0 Å². The van der Waals surface area contributed by atoms with Crippen molar-refractivity contribution in [3.63, 3.8) is 0 Å². The molecule has 0 spiro atoms. The molecule has 4 aromatic rings. The Labute approximate surface area is 180 Å². The first kappa shape index (κ1) is 19.2. The Bertz CT molecular complexity index is 1120. The van der Waals surface area contributed by atoms with E-state index in [-0.39, 0.29) is 0 Å². The van der Waals surface area contributed by atoms with Crippen LogP contribution in [0.5, 0.6) is 0 Å². The summed E-state index contributed by atoms with van der Waals surface area (Å²) in [4.78, 5) is 11.4. The molecule has 0 atom stereocenters. The first-order chi connectivity index (χ1) is 15.3. The molecule has 2 aromatic heterocycles. The van der Waals surface area contributed by atoms with E-state index in [4.69, 9.17) is 9.72 Å². The van der Waals surface area contributed by atoms with Crippen molar-refractivity contribution >= 4 is 17.3 Å². The Morgan fingerprint density at radius 3 is 2.65 bits per heavy atom. The highest BCUT2D eigenvalue weighted by molar-refractivity contribution is 5.64. The van der Waals surface area contributed by atoms with Crippen molar-refractivity contribution < 1.29 is 4.74 Å². The molecule has 1 aliphatic heterocycles. The number of rotatable bonds is 6. The molecular weight excluding hydrogens is 390 g/mol. The van der Waals surface area contributed by atoms with Crippen molar-refractivity contribution in [3.8, 4) is 11.3 Å². The van der Waals surface area contributed by atoms with Crippen LogP contribution in [-0.2, 0) is 11.3 Å². The number of ether oxygens (including phenoxy) is 1. The van der Waals surface area contributed by atoms with Gasteiger partial charge in [-0.05, 0) is 42.0 Å². The number of hydrogen-bond donors (Lipinski definition) is 1. The van der Waals surface area contributed by atoms with Gasteiger partial charge in [0.25, 0.3) is 0 Å². The molecule has 5 rings (SSSR count). The molecule has 3 heterocycles. The molecule has 2 aromatic carbocycles. The first-order valence-corrected chi connectivity index (χ1v) is 10.3. The Hall–Kier alpha value is -3.78. The summed E-state index contributed by atoms with van der Waals surface area (Å²) in [5, 5.41) is 11.2. The summed E-state index contributed by atoms with van der Waals surface area (Å²) >= 11 is 0. The van der Waals surface area contributed by atoms with Crippen LogP contribution < -0.4 is 10.2 Å². The maximum Gasteiger partial charge on any atom is 0.227 e. The second kappa shape index (κ2) is 8.93. The molecule has 0 aliphatic carbocycles. The van der Waals surface area contributed by atoms with Crippen LogP contribution in [0.1, 0.15) is 5.56 Å². The quantitative estimate of drug-likeness (QED) is 0.519. The smallest absolute Gasteiger partial charge is 0.227 e. The lowest BCUT2D eigenvalue weighted by molar-refractivity contribution is 0.122. The minimum Gasteiger partial charge on any atom is -0.378 e. The fourth-order valence-corrected chi connectivity index (χ4v) is 3.62. The summed E-state index contributed by atoms with van der Waals surface area (Å²) in [7, 11) is 0. The predicted molar refractivity (Wildman–Crippen MR) is 119 cm³/mol. The van der Waals surface area contributed by atoms with Gasteiger partial charge in [-0.15, -0.1) is 5.10 Å². The van der Waals surface area contributed by atoms with Crippen LogP contribution in [0.3, 0.4) is 0 Å². The second-order valence-electron chi connectivity index (χ2n) is 7.34. The zero-order valence-electron chi connectivity index (χ0n) is 17.1. The number of nitrogens with one attached hydrogen (secondary N) is 1. The van der Waals surface area contributed by atoms with Gasteiger partial charge in [0.05, 0.1) is 31.6 Å². The first-order valence-electron chi connectivity index (χ1n) is 10.3. The molecule has 8 nitrogen and oxygen atoms in total. The Morgan fingerprint density at radius 1 is 0.968 bits per heavy atom. The lowest BCUT2D eigenvalue weighted by atomic mass is 10.1. The van der Waals surface area contributed by atoms with Gasteiger partial charge < -0.3 is 15.0 Å². The van der Waals surface area contributed by atoms with Crippen LogP contribution in [0.25, 0.3) is 11.3 Å². The fraction of sp³-hybridized carbons (Fsp3) is 0.217. The predicted octanol–water partition coefficient (Wildman–Crippen LogP) is 3.36. The van der Waals surface area contributed by atoms with E-state index in [0.717, 1.165) is 48.8 Å². The third-order valence-corrected chi connectivity index (χ3v) is 5.19. The zero-order valence-corrected chi connectivity index (χ0v) is 17.1.